The maximum Gasteiger partial charge on any atom is 0.310 e. The third-order valence-corrected chi connectivity index (χ3v) is 24.1. The number of nitrogens with one attached hydrogen (secondary N) is 2. The van der Waals surface area contributed by atoms with E-state index in [2.05, 4.69) is 52.2 Å². The lowest BCUT2D eigenvalue weighted by Gasteiger charge is -2.47. The van der Waals surface area contributed by atoms with E-state index in [0.29, 0.717) is 44.9 Å². The molecular weight excluding hydrogens is 1550 g/mol. The van der Waals surface area contributed by atoms with Crippen molar-refractivity contribution in [2.24, 2.45) is 0 Å². The first-order valence-electron chi connectivity index (χ1n) is 49.0. The highest BCUT2D eigenvalue weighted by molar-refractivity contribution is 7.44. The number of amides is 2. The van der Waals surface area contributed by atoms with E-state index in [0.717, 1.165) is 225 Å². The number of rotatable bonds is 82. The van der Waals surface area contributed by atoms with Crippen LogP contribution >= 0.6 is 7.82 Å². The number of quaternary nitrogens is 1. The molecule has 15 atom stereocenters. The number of ether oxygens (including phenoxy) is 7. The lowest BCUT2D eigenvalue weighted by atomic mass is 9.95. The molecule has 26 heteroatoms. The number of phosphoric acid groups is 1. The second-order valence-electron chi connectivity index (χ2n) is 34.9. The fourth-order valence-electron chi connectivity index (χ4n) is 16.4. The number of esters is 4. The Kier molecular flexibility index (Phi) is 73.3. The summed E-state index contributed by atoms with van der Waals surface area (Å²) in [5.74, 6) is -4.62. The summed E-state index contributed by atoms with van der Waals surface area (Å²) in [6.45, 7) is 11.2. The van der Waals surface area contributed by atoms with E-state index in [4.69, 9.17) is 37.7 Å². The van der Waals surface area contributed by atoms with E-state index in [1.165, 1.54) is 96.3 Å². The van der Waals surface area contributed by atoms with Gasteiger partial charge in [0.05, 0.1) is 51.1 Å². The molecule has 0 aliphatic carbocycles. The van der Waals surface area contributed by atoms with Crippen LogP contribution in [0.5, 0.6) is 0 Å². The van der Waals surface area contributed by atoms with Gasteiger partial charge in [-0.1, -0.05) is 375 Å². The highest BCUT2D eigenvalue weighted by atomic mass is 31.2. The molecule has 2 saturated heterocycles. The lowest BCUT2D eigenvalue weighted by molar-refractivity contribution is -0.304. The fourth-order valence-corrected chi connectivity index (χ4v) is 16.9. The van der Waals surface area contributed by atoms with Crippen molar-refractivity contribution >= 4 is 43.5 Å². The average molecular weight is 1740 g/mol. The Bertz CT molecular complexity index is 2520. The van der Waals surface area contributed by atoms with Gasteiger partial charge in [-0.3, -0.25) is 33.3 Å². The number of unbranched alkanes of at least 4 members (excludes halogenated alkanes) is 50. The summed E-state index contributed by atoms with van der Waals surface area (Å²) < 4.78 is 61.5. The topological polar surface area (TPSA) is 398 Å². The third kappa shape index (κ3) is 60.3. The Balaban J connectivity index is 0.0000720. The zero-order valence-electron chi connectivity index (χ0n) is 76.8. The predicted octanol–water partition coefficient (Wildman–Crippen LogP) is 20.2. The van der Waals surface area contributed by atoms with Crippen molar-refractivity contribution in [3.63, 3.8) is 0 Å². The van der Waals surface area contributed by atoms with Gasteiger partial charge in [0.15, 0.2) is 24.8 Å². The second-order valence-corrected chi connectivity index (χ2v) is 36.1. The van der Waals surface area contributed by atoms with Gasteiger partial charge in [-0.05, 0) is 51.4 Å². The van der Waals surface area contributed by atoms with Gasteiger partial charge < -0.3 is 89.8 Å². The number of carbonyl (C=O) groups is 6. The van der Waals surface area contributed by atoms with E-state index in [1.807, 2.05) is 0 Å². The first kappa shape index (κ1) is 115. The Morgan fingerprint density at radius 1 is 0.375 bits per heavy atom. The fraction of sp³-hybridized carbons (Fsp3) is 0.936. The van der Waals surface area contributed by atoms with Crippen LogP contribution in [0.4, 0.5) is 0 Å². The lowest BCUT2D eigenvalue weighted by Crippen LogP contribution is -2.68. The minimum Gasteiger partial charge on any atom is -0.756 e. The Hall–Kier alpha value is -3.43. The molecular formula is C94H180N3O22P. The molecule has 0 saturated carbocycles. The number of aliphatic hydroxyl groups excluding tert-OH is 5. The van der Waals surface area contributed by atoms with Gasteiger partial charge in [0.1, 0.15) is 48.7 Å². The molecule has 2 amide bonds. The van der Waals surface area contributed by atoms with E-state index in [9.17, 15) is 63.9 Å². The maximum absolute atomic E-state index is 15.1. The van der Waals surface area contributed by atoms with Crippen molar-refractivity contribution in [1.29, 1.82) is 0 Å². The number of carbonyl (C=O) groups excluding carboxylic acids is 6. The second kappa shape index (κ2) is 76.8. The summed E-state index contributed by atoms with van der Waals surface area (Å²) in [4.78, 5) is 109. The summed E-state index contributed by atoms with van der Waals surface area (Å²) in [5, 5.41) is 63.2. The SMILES string of the molecule is CCCCCCCCCCCCCC(=O)O[C@H](CCCCCCCCCCC)CC(=O)O[C@@H]1[C@@H](NC(=O)C[C@@H](CCCCCCCCCCC)OC(=O)CCCCCCCCCCC)[C@H](OC[C@H]2O[C@H](O)[C@H](NC(=O)C[C@H](O)CCCCCCCCCCC)[C@@H](OC(=O)C[C@H](O)CCCCCCCCCCC)[C@@H]2O)O[C@H](CO)[C@H]1OP(=O)([O-])O.[NH4+]. The summed E-state index contributed by atoms with van der Waals surface area (Å²) in [6.07, 6.45) is 37.6. The number of aliphatic hydroxyl groups is 5. The molecule has 25 nitrogen and oxygen atoms in total. The molecule has 2 rings (SSSR count). The molecule has 708 valence electrons. The molecule has 12 N–H and O–H groups in total. The minimum absolute atomic E-state index is 0. The molecule has 2 fully saturated rings. The third-order valence-electron chi connectivity index (χ3n) is 23.6. The maximum atomic E-state index is 15.1. The Labute approximate surface area is 727 Å². The number of phosphoric ester groups is 1. The van der Waals surface area contributed by atoms with Crippen LogP contribution in [0.2, 0.25) is 0 Å². The summed E-state index contributed by atoms with van der Waals surface area (Å²) in [6, 6.07) is -3.50. The summed E-state index contributed by atoms with van der Waals surface area (Å²) in [7, 11) is -5.87. The van der Waals surface area contributed by atoms with Crippen LogP contribution in [0.25, 0.3) is 0 Å². The van der Waals surface area contributed by atoms with E-state index in [1.54, 1.807) is 0 Å². The molecule has 0 aromatic rings. The van der Waals surface area contributed by atoms with Crippen LogP contribution in [0.15, 0.2) is 0 Å². The molecule has 2 heterocycles. The van der Waals surface area contributed by atoms with E-state index in [-0.39, 0.29) is 38.3 Å². The molecule has 2 aliphatic rings. The molecule has 1 unspecified atom stereocenters. The van der Waals surface area contributed by atoms with Gasteiger partial charge in [0.2, 0.25) is 11.8 Å². The normalized spacial score (nSPS) is 20.7. The van der Waals surface area contributed by atoms with Crippen LogP contribution in [0, 0.1) is 0 Å². The van der Waals surface area contributed by atoms with Gasteiger partial charge in [-0.2, -0.15) is 0 Å². The predicted molar refractivity (Wildman–Crippen MR) is 473 cm³/mol. The van der Waals surface area contributed by atoms with Crippen LogP contribution in [0.1, 0.15) is 465 Å². The molecule has 0 aromatic carbocycles. The molecule has 0 aromatic heterocycles. The largest absolute Gasteiger partial charge is 0.756 e. The van der Waals surface area contributed by atoms with Crippen LogP contribution in [0.3, 0.4) is 0 Å². The van der Waals surface area contributed by atoms with E-state index < -0.39 is 168 Å². The van der Waals surface area contributed by atoms with Crippen molar-refractivity contribution in [2.75, 3.05) is 13.2 Å². The Morgan fingerprint density at radius 3 is 1.05 bits per heavy atom. The minimum atomic E-state index is -5.87. The smallest absolute Gasteiger partial charge is 0.310 e. The van der Waals surface area contributed by atoms with Gasteiger partial charge >= 0.3 is 23.9 Å². The first-order chi connectivity index (χ1) is 57.6. The molecule has 120 heavy (non-hydrogen) atoms. The van der Waals surface area contributed by atoms with Gasteiger partial charge in [0.25, 0.3) is 7.82 Å². The molecule has 0 spiro atoms. The highest BCUT2D eigenvalue weighted by Gasteiger charge is 2.53. The average Bonchev–Trinajstić information content (AvgIpc) is 0.786. The first-order valence-corrected chi connectivity index (χ1v) is 50.5. The highest BCUT2D eigenvalue weighted by Crippen LogP contribution is 2.40. The van der Waals surface area contributed by atoms with Crippen LogP contribution in [-0.4, -0.2) is 165 Å². The zero-order valence-corrected chi connectivity index (χ0v) is 77.7. The van der Waals surface area contributed by atoms with Gasteiger partial charge in [-0.15, -0.1) is 0 Å². The van der Waals surface area contributed by atoms with Gasteiger partial charge in [-0.25, -0.2) is 0 Å². The van der Waals surface area contributed by atoms with Crippen molar-refractivity contribution in [3.8, 4) is 0 Å². The van der Waals surface area contributed by atoms with Crippen molar-refractivity contribution in [2.45, 2.75) is 551 Å². The number of hydrogen-bond acceptors (Lipinski definition) is 21. The van der Waals surface area contributed by atoms with Crippen molar-refractivity contribution in [3.05, 3.63) is 0 Å². The van der Waals surface area contributed by atoms with Crippen molar-refractivity contribution in [1.82, 2.24) is 16.8 Å². The monoisotopic (exact) mass is 1730 g/mol. The van der Waals surface area contributed by atoms with Gasteiger partial charge in [0, 0.05) is 12.8 Å². The summed E-state index contributed by atoms with van der Waals surface area (Å²) in [5.41, 5.74) is 0. The molecule has 0 bridgehead atoms. The van der Waals surface area contributed by atoms with E-state index >= 15 is 4.79 Å². The number of hydrogen-bond donors (Lipinski definition) is 9. The summed E-state index contributed by atoms with van der Waals surface area (Å²) >= 11 is 0. The van der Waals surface area contributed by atoms with Crippen LogP contribution < -0.4 is 21.7 Å². The van der Waals surface area contributed by atoms with Crippen LogP contribution in [-0.2, 0) is 71.0 Å². The molecule has 0 radical (unpaired) electrons. The quantitative estimate of drug-likeness (QED) is 0.0118. The standard InChI is InChI=1S/C94H177N2O22P.H3N/c1-7-13-19-25-31-37-38-44-50-56-62-68-84(103)113-78(66-60-54-48-42-35-29-23-17-11-5)72-86(105)117-92-88(96-82(101)71-77(65-59-53-47-41-34-28-22-16-10-4)112-83(102)67-61-55-49-43-36-30-24-18-12-6)94(115-79(73-97)90(92)118-119(108,109)110)111-74-80-89(106)91(116-85(104)70-76(99)64-58-52-46-40-33-27-21-15-9-3)87(93(107)114-80)95-81(100)69-75(98)63-57-51-45-39-32-26-20-14-8-2;/h75-80,87-94,97-99,106-107H,7-74H2,1-6H3,(H,95,100)(H,96,101)(H2,108,109,110);1H3/t75-,76-,77-,78-,79-,80-,87-,88-,89-,90-,91-,92-,93+,94-;/m1./s1. The zero-order chi connectivity index (χ0) is 87.2. The molecule has 2 aliphatic heterocycles. The Morgan fingerprint density at radius 2 is 0.683 bits per heavy atom. The van der Waals surface area contributed by atoms with Crippen molar-refractivity contribution < 1.29 is 106 Å².